The summed E-state index contributed by atoms with van der Waals surface area (Å²) in [5.41, 5.74) is 8.61. The number of hydrogen-bond acceptors (Lipinski definition) is 2. The van der Waals surface area contributed by atoms with Crippen LogP contribution in [0.25, 0.3) is 70.4 Å². The average Bonchev–Trinajstić information content (AvgIpc) is 3.71. The van der Waals surface area contributed by atoms with E-state index in [-0.39, 0.29) is 0 Å². The van der Waals surface area contributed by atoms with Crippen LogP contribution in [0.5, 0.6) is 0 Å². The molecule has 8 aromatic rings. The predicted octanol–water partition coefficient (Wildman–Crippen LogP) is 10.8. The molecule has 44 heavy (non-hydrogen) atoms. The lowest BCUT2D eigenvalue weighted by molar-refractivity contribution is 0.668. The largest absolute Gasteiger partial charge is 0.456 e. The molecule has 0 fully saturated rings. The lowest BCUT2D eigenvalue weighted by Crippen LogP contribution is -2.32. The third-order valence-corrected chi connectivity index (χ3v) is 10.3. The topological polar surface area (TPSA) is 18.1 Å². The van der Waals surface area contributed by atoms with Crippen molar-refractivity contribution in [1.29, 1.82) is 0 Å². The standard InChI is InChI=1S/C37H23NOS.2C2H6/c1-3-14-29-22(8-1)27-12-5-10-25-26-11-6-16-32-35(26)36-28(13-7-17-33(36)40-32)34(25)37(27)38(29)21-18-19-24-23-9-2-4-15-30(23)39-31(24)20-21;2*1-2/h1-4,6-9,11-20,25H,5,10H2;2*1-2H3. The molecule has 0 N–H and O–H groups in total. The Hall–Kier alpha value is -4.60. The Kier molecular flexibility index (Phi) is 6.46. The molecule has 2 aliphatic rings. The van der Waals surface area contributed by atoms with Crippen LogP contribution in [-0.4, -0.2) is 4.57 Å². The van der Waals surface area contributed by atoms with Crippen molar-refractivity contribution >= 4 is 76.0 Å². The van der Waals surface area contributed by atoms with Crippen molar-refractivity contribution < 1.29 is 4.42 Å². The lowest BCUT2D eigenvalue weighted by Gasteiger charge is -2.27. The van der Waals surface area contributed by atoms with Gasteiger partial charge in [-0.2, -0.15) is 0 Å². The first-order chi connectivity index (χ1) is 21.8. The Labute approximate surface area is 261 Å². The predicted molar refractivity (Wildman–Crippen MR) is 191 cm³/mol. The molecular formula is C41H35NOS. The molecule has 216 valence electrons. The minimum absolute atomic E-state index is 0.354. The SMILES string of the molecule is C1=c2c(n(-c3ccc4c(c3)oc3ccccc34)c3ccccc23)=C2c3cccc4sc5cccc(c5c34)C2CC1.CC.CC. The Morgan fingerprint density at radius 1 is 0.682 bits per heavy atom. The van der Waals surface area contributed by atoms with Crippen LogP contribution in [0.15, 0.2) is 108 Å². The molecule has 1 atom stereocenters. The number of thiophene rings is 1. The van der Waals surface area contributed by atoms with Gasteiger partial charge >= 0.3 is 0 Å². The number of para-hydroxylation sites is 2. The van der Waals surface area contributed by atoms with Crippen LogP contribution in [0, 0.1) is 0 Å². The zero-order chi connectivity index (χ0) is 29.9. The monoisotopic (exact) mass is 589 g/mol. The van der Waals surface area contributed by atoms with Gasteiger partial charge in [-0.1, -0.05) is 94.4 Å². The fourth-order valence-electron chi connectivity index (χ4n) is 7.60. The van der Waals surface area contributed by atoms with Crippen LogP contribution < -0.4 is 10.6 Å². The molecule has 0 saturated heterocycles. The zero-order valence-corrected chi connectivity index (χ0v) is 26.5. The molecule has 0 aliphatic heterocycles. The Balaban J connectivity index is 0.000000697. The maximum absolute atomic E-state index is 6.37. The van der Waals surface area contributed by atoms with Crippen molar-refractivity contribution in [2.45, 2.75) is 46.5 Å². The van der Waals surface area contributed by atoms with Gasteiger partial charge in [0.15, 0.2) is 0 Å². The minimum Gasteiger partial charge on any atom is -0.456 e. The van der Waals surface area contributed by atoms with Crippen molar-refractivity contribution in [3.8, 4) is 5.69 Å². The summed E-state index contributed by atoms with van der Waals surface area (Å²) in [6.07, 6.45) is 4.67. The number of fused-ring (bicyclic) bond motifs is 9. The number of aromatic nitrogens is 1. The molecular weight excluding hydrogens is 555 g/mol. The number of furan rings is 1. The van der Waals surface area contributed by atoms with Gasteiger partial charge in [-0.3, -0.25) is 0 Å². The highest BCUT2D eigenvalue weighted by Crippen LogP contribution is 2.50. The van der Waals surface area contributed by atoms with Gasteiger partial charge < -0.3 is 8.98 Å². The fraction of sp³-hybridized carbons (Fsp3) is 0.171. The highest BCUT2D eigenvalue weighted by atomic mass is 32.1. The van der Waals surface area contributed by atoms with E-state index in [0.717, 1.165) is 35.1 Å². The van der Waals surface area contributed by atoms with Crippen molar-refractivity contribution in [2.75, 3.05) is 0 Å². The lowest BCUT2D eigenvalue weighted by atomic mass is 9.77. The quantitative estimate of drug-likeness (QED) is 0.186. The first-order valence-electron chi connectivity index (χ1n) is 16.1. The molecule has 0 saturated carbocycles. The van der Waals surface area contributed by atoms with Gasteiger partial charge in [0, 0.05) is 59.2 Å². The maximum Gasteiger partial charge on any atom is 0.137 e. The first-order valence-corrected chi connectivity index (χ1v) is 16.9. The summed E-state index contributed by atoms with van der Waals surface area (Å²) < 4.78 is 11.7. The van der Waals surface area contributed by atoms with E-state index in [2.05, 4.69) is 108 Å². The van der Waals surface area contributed by atoms with Crippen molar-refractivity contribution in [3.05, 3.63) is 125 Å². The molecule has 3 heteroatoms. The molecule has 3 heterocycles. The highest BCUT2D eigenvalue weighted by molar-refractivity contribution is 7.26. The van der Waals surface area contributed by atoms with E-state index in [9.17, 15) is 0 Å². The van der Waals surface area contributed by atoms with Gasteiger partial charge in [-0.25, -0.2) is 0 Å². The highest BCUT2D eigenvalue weighted by Gasteiger charge is 2.32. The van der Waals surface area contributed by atoms with Crippen LogP contribution in [-0.2, 0) is 0 Å². The van der Waals surface area contributed by atoms with Crippen molar-refractivity contribution in [2.24, 2.45) is 0 Å². The first kappa shape index (κ1) is 27.0. The Morgan fingerprint density at radius 2 is 1.41 bits per heavy atom. The molecule has 0 radical (unpaired) electrons. The molecule has 10 rings (SSSR count). The molecule has 3 aromatic heterocycles. The van der Waals surface area contributed by atoms with Crippen LogP contribution in [0.3, 0.4) is 0 Å². The second-order valence-electron chi connectivity index (χ2n) is 11.1. The second kappa shape index (κ2) is 10.5. The van der Waals surface area contributed by atoms with Crippen LogP contribution >= 0.6 is 11.3 Å². The van der Waals surface area contributed by atoms with Crippen molar-refractivity contribution in [1.82, 2.24) is 4.57 Å². The smallest absolute Gasteiger partial charge is 0.137 e. The summed E-state index contributed by atoms with van der Waals surface area (Å²) in [7, 11) is 0. The Bertz CT molecular complexity index is 2500. The van der Waals surface area contributed by atoms with Gasteiger partial charge in [0.05, 0.1) is 10.9 Å². The van der Waals surface area contributed by atoms with Gasteiger partial charge in [-0.15, -0.1) is 11.3 Å². The maximum atomic E-state index is 6.37. The van der Waals surface area contributed by atoms with Gasteiger partial charge in [0.25, 0.3) is 0 Å². The van der Waals surface area contributed by atoms with Crippen LogP contribution in [0.1, 0.15) is 57.6 Å². The van der Waals surface area contributed by atoms with Gasteiger partial charge in [-0.05, 0) is 65.9 Å². The molecule has 2 aliphatic carbocycles. The molecule has 0 amide bonds. The summed E-state index contributed by atoms with van der Waals surface area (Å²) in [6, 6.07) is 37.8. The Morgan fingerprint density at radius 3 is 2.27 bits per heavy atom. The van der Waals surface area contributed by atoms with E-state index in [0.29, 0.717) is 5.92 Å². The summed E-state index contributed by atoms with van der Waals surface area (Å²) >= 11 is 1.93. The number of rotatable bonds is 1. The summed E-state index contributed by atoms with van der Waals surface area (Å²) in [6.45, 7) is 8.00. The van der Waals surface area contributed by atoms with E-state index < -0.39 is 0 Å². The third-order valence-electron chi connectivity index (χ3n) is 9.16. The van der Waals surface area contributed by atoms with Crippen molar-refractivity contribution in [3.63, 3.8) is 0 Å². The minimum atomic E-state index is 0.354. The molecule has 0 bridgehead atoms. The third kappa shape index (κ3) is 3.66. The van der Waals surface area contributed by atoms with E-state index in [4.69, 9.17) is 4.42 Å². The fourth-order valence-corrected chi connectivity index (χ4v) is 8.76. The average molecular weight is 590 g/mol. The van der Waals surface area contributed by atoms with E-state index in [1.807, 2.05) is 45.1 Å². The number of nitrogens with zero attached hydrogens (tertiary/aromatic N) is 1. The zero-order valence-electron chi connectivity index (χ0n) is 25.6. The molecule has 5 aromatic carbocycles. The van der Waals surface area contributed by atoms with E-state index >= 15 is 0 Å². The van der Waals surface area contributed by atoms with E-state index in [1.165, 1.54) is 63.7 Å². The van der Waals surface area contributed by atoms with Gasteiger partial charge in [0.1, 0.15) is 11.2 Å². The summed E-state index contributed by atoms with van der Waals surface area (Å²) in [5, 5.41) is 9.25. The van der Waals surface area contributed by atoms with Gasteiger partial charge in [0.2, 0.25) is 0 Å². The van der Waals surface area contributed by atoms with Crippen LogP contribution in [0.4, 0.5) is 0 Å². The number of benzene rings is 5. The second-order valence-corrected chi connectivity index (χ2v) is 12.2. The molecule has 1 unspecified atom stereocenters. The van der Waals surface area contributed by atoms with E-state index in [1.54, 1.807) is 0 Å². The normalized spacial score (nSPS) is 15.0. The van der Waals surface area contributed by atoms with Crippen LogP contribution in [0.2, 0.25) is 0 Å². The summed E-state index contributed by atoms with van der Waals surface area (Å²) in [4.78, 5) is 0. The summed E-state index contributed by atoms with van der Waals surface area (Å²) in [5.74, 6) is 0.354. The number of hydrogen-bond donors (Lipinski definition) is 0. The molecule has 0 spiro atoms. The molecule has 2 nitrogen and oxygen atoms in total.